The van der Waals surface area contributed by atoms with E-state index in [4.69, 9.17) is 14.2 Å². The van der Waals surface area contributed by atoms with Gasteiger partial charge in [0, 0.05) is 0 Å². The van der Waals surface area contributed by atoms with Crippen molar-refractivity contribution in [2.45, 2.75) is 103 Å². The average molecular weight is 535 g/mol. The van der Waals surface area contributed by atoms with Gasteiger partial charge in [0.15, 0.2) is 6.29 Å². The van der Waals surface area contributed by atoms with Gasteiger partial charge in [-0.25, -0.2) is 4.79 Å². The van der Waals surface area contributed by atoms with Crippen molar-refractivity contribution in [3.8, 4) is 11.5 Å². The molecular formula is C29H42O9. The zero-order chi connectivity index (χ0) is 28.0. The molecule has 2 unspecified atom stereocenters. The summed E-state index contributed by atoms with van der Waals surface area (Å²) in [6.07, 6.45) is 5.22. The summed E-state index contributed by atoms with van der Waals surface area (Å²) in [6, 6.07) is 1.76. The standard InChI is InChI=1S/C29H42O9/c1-5-6-7-8-11-18-15-21-19(12-14-29(4,38-21)13-9-10-17(2)3)25(22(18)26(33)34)36-28-20(16-30)23(31)24(32)27(35)37-28/h10,12,14-15,20,23-24,27-28,30-32,35H,5-9,11,13,16H2,1-4H3,(H,33,34)/t20-,23-,24+,27+,28?,29?/m1/s1. The van der Waals surface area contributed by atoms with Crippen molar-refractivity contribution in [2.75, 3.05) is 6.61 Å². The van der Waals surface area contributed by atoms with Crippen LogP contribution < -0.4 is 9.47 Å². The zero-order valence-electron chi connectivity index (χ0n) is 22.7. The van der Waals surface area contributed by atoms with E-state index in [9.17, 15) is 30.3 Å². The molecule has 1 aromatic carbocycles. The molecule has 9 heteroatoms. The Hall–Kier alpha value is -2.43. The van der Waals surface area contributed by atoms with Crippen LogP contribution in [0.5, 0.6) is 11.5 Å². The lowest BCUT2D eigenvalue weighted by Crippen LogP contribution is -2.57. The van der Waals surface area contributed by atoms with E-state index < -0.39 is 48.9 Å². The Morgan fingerprint density at radius 1 is 1.16 bits per heavy atom. The van der Waals surface area contributed by atoms with E-state index >= 15 is 0 Å². The number of hydrogen-bond donors (Lipinski definition) is 5. The molecule has 0 amide bonds. The molecule has 0 spiro atoms. The number of fused-ring (bicyclic) bond motifs is 1. The molecule has 0 aromatic heterocycles. The number of benzene rings is 1. The van der Waals surface area contributed by atoms with E-state index in [1.54, 1.807) is 12.1 Å². The number of aryl methyl sites for hydroxylation is 1. The van der Waals surface area contributed by atoms with Gasteiger partial charge in [-0.15, -0.1) is 0 Å². The number of aliphatic hydroxyl groups excluding tert-OH is 4. The number of carbonyl (C=O) groups is 1. The van der Waals surface area contributed by atoms with Gasteiger partial charge >= 0.3 is 5.97 Å². The lowest BCUT2D eigenvalue weighted by molar-refractivity contribution is -0.312. The van der Waals surface area contributed by atoms with E-state index in [1.807, 2.05) is 26.8 Å². The van der Waals surface area contributed by atoms with Gasteiger partial charge in [-0.1, -0.05) is 37.8 Å². The molecule has 0 saturated carbocycles. The van der Waals surface area contributed by atoms with E-state index in [-0.39, 0.29) is 11.3 Å². The van der Waals surface area contributed by atoms with E-state index in [2.05, 4.69) is 13.0 Å². The molecule has 1 saturated heterocycles. The summed E-state index contributed by atoms with van der Waals surface area (Å²) in [7, 11) is 0. The fourth-order valence-electron chi connectivity index (χ4n) is 4.89. The molecule has 6 atom stereocenters. The number of hydrogen-bond acceptors (Lipinski definition) is 8. The minimum atomic E-state index is -1.77. The third kappa shape index (κ3) is 6.95. The van der Waals surface area contributed by atoms with Crippen molar-refractivity contribution in [1.82, 2.24) is 0 Å². The van der Waals surface area contributed by atoms with Gasteiger partial charge in [0.05, 0.1) is 24.2 Å². The van der Waals surface area contributed by atoms with Crippen molar-refractivity contribution in [1.29, 1.82) is 0 Å². The normalized spacial score (nSPS) is 28.4. The van der Waals surface area contributed by atoms with Crippen LogP contribution in [0.1, 0.15) is 87.7 Å². The van der Waals surface area contributed by atoms with Crippen LogP contribution in [0.15, 0.2) is 23.8 Å². The number of rotatable bonds is 12. The van der Waals surface area contributed by atoms with Crippen LogP contribution in [0.4, 0.5) is 0 Å². The van der Waals surface area contributed by atoms with Gasteiger partial charge < -0.3 is 39.7 Å². The smallest absolute Gasteiger partial charge is 0.339 e. The highest BCUT2D eigenvalue weighted by Gasteiger charge is 2.46. The summed E-state index contributed by atoms with van der Waals surface area (Å²) in [4.78, 5) is 12.5. The summed E-state index contributed by atoms with van der Waals surface area (Å²) in [5, 5.41) is 50.6. The summed E-state index contributed by atoms with van der Waals surface area (Å²) < 4.78 is 17.9. The monoisotopic (exact) mass is 534 g/mol. The molecule has 0 bridgehead atoms. The van der Waals surface area contributed by atoms with Crippen molar-refractivity contribution >= 4 is 12.0 Å². The maximum atomic E-state index is 12.5. The highest BCUT2D eigenvalue weighted by Crippen LogP contribution is 2.44. The van der Waals surface area contributed by atoms with Crippen LogP contribution in [0.3, 0.4) is 0 Å². The average Bonchev–Trinajstić information content (AvgIpc) is 2.84. The van der Waals surface area contributed by atoms with Crippen LogP contribution >= 0.6 is 0 Å². The third-order valence-corrected chi connectivity index (χ3v) is 7.16. The molecule has 2 aliphatic rings. The van der Waals surface area contributed by atoms with Crippen LogP contribution in [0.25, 0.3) is 6.08 Å². The van der Waals surface area contributed by atoms with Gasteiger partial charge in [0.1, 0.15) is 28.8 Å². The number of ether oxygens (including phenoxy) is 3. The van der Waals surface area contributed by atoms with Crippen LogP contribution in [-0.4, -0.2) is 68.5 Å². The lowest BCUT2D eigenvalue weighted by atomic mass is 9.90. The van der Waals surface area contributed by atoms with Crippen molar-refractivity contribution in [2.24, 2.45) is 5.92 Å². The molecular weight excluding hydrogens is 492 g/mol. The van der Waals surface area contributed by atoms with Crippen molar-refractivity contribution in [3.05, 3.63) is 40.5 Å². The zero-order valence-corrected chi connectivity index (χ0v) is 22.7. The van der Waals surface area contributed by atoms with Gasteiger partial charge in [-0.05, 0) is 70.2 Å². The number of carboxylic acid groups (broad SMARTS) is 1. The molecule has 1 fully saturated rings. The Bertz CT molecular complexity index is 1030. The second-order valence-electron chi connectivity index (χ2n) is 10.7. The Balaban J connectivity index is 2.05. The van der Waals surface area contributed by atoms with Crippen LogP contribution in [0, 0.1) is 5.92 Å². The van der Waals surface area contributed by atoms with Crippen LogP contribution in [-0.2, 0) is 11.2 Å². The molecule has 212 valence electrons. The summed E-state index contributed by atoms with van der Waals surface area (Å²) in [5.41, 5.74) is 1.48. The first-order valence-corrected chi connectivity index (χ1v) is 13.4. The molecule has 1 aromatic rings. The van der Waals surface area contributed by atoms with E-state index in [1.165, 1.54) is 5.57 Å². The van der Waals surface area contributed by atoms with Crippen molar-refractivity contribution in [3.63, 3.8) is 0 Å². The summed E-state index contributed by atoms with van der Waals surface area (Å²) >= 11 is 0. The Morgan fingerprint density at radius 2 is 1.89 bits per heavy atom. The molecule has 2 aliphatic heterocycles. The minimum absolute atomic E-state index is 0.0256. The number of aromatic carboxylic acids is 1. The van der Waals surface area contributed by atoms with Gasteiger partial charge in [-0.2, -0.15) is 0 Å². The molecule has 0 aliphatic carbocycles. The van der Waals surface area contributed by atoms with E-state index in [0.717, 1.165) is 32.1 Å². The first-order chi connectivity index (χ1) is 18.0. The van der Waals surface area contributed by atoms with Crippen molar-refractivity contribution < 1.29 is 44.5 Å². The Labute approximate surface area is 224 Å². The predicted molar refractivity (Wildman–Crippen MR) is 142 cm³/mol. The molecule has 3 rings (SSSR count). The maximum absolute atomic E-state index is 12.5. The molecule has 0 radical (unpaired) electrons. The number of unbranched alkanes of at least 4 members (excludes halogenated alkanes) is 3. The van der Waals surface area contributed by atoms with Gasteiger partial charge in [-0.3, -0.25) is 0 Å². The van der Waals surface area contributed by atoms with E-state index in [0.29, 0.717) is 29.7 Å². The lowest BCUT2D eigenvalue weighted by Gasteiger charge is -2.40. The molecule has 2 heterocycles. The topological polar surface area (TPSA) is 146 Å². The summed E-state index contributed by atoms with van der Waals surface area (Å²) in [6.45, 7) is 7.53. The molecule has 9 nitrogen and oxygen atoms in total. The Kier molecular flexibility index (Phi) is 10.4. The minimum Gasteiger partial charge on any atom is -0.483 e. The second kappa shape index (κ2) is 13.1. The fraction of sp³-hybridized carbons (Fsp3) is 0.621. The molecule has 5 N–H and O–H groups in total. The fourth-order valence-corrected chi connectivity index (χ4v) is 4.89. The predicted octanol–water partition coefficient (Wildman–Crippen LogP) is 3.80. The Morgan fingerprint density at radius 3 is 2.53 bits per heavy atom. The highest BCUT2D eigenvalue weighted by molar-refractivity contribution is 5.95. The summed E-state index contributed by atoms with van der Waals surface area (Å²) in [5.74, 6) is -1.88. The maximum Gasteiger partial charge on any atom is 0.339 e. The number of allylic oxidation sites excluding steroid dienone is 2. The highest BCUT2D eigenvalue weighted by atomic mass is 16.7. The third-order valence-electron chi connectivity index (χ3n) is 7.16. The quantitative estimate of drug-likeness (QED) is 0.200. The van der Waals surface area contributed by atoms with Gasteiger partial charge in [0.25, 0.3) is 0 Å². The largest absolute Gasteiger partial charge is 0.483 e. The number of aliphatic hydroxyl groups is 4. The SMILES string of the molecule is CCCCCCc1cc2c(c(OC3O[C@H](O)[C@@H](O)[C@H](O)[C@H]3CO)c1C(=O)O)C=CC(C)(CCC=C(C)C)O2. The van der Waals surface area contributed by atoms with Gasteiger partial charge in [0.2, 0.25) is 6.29 Å². The first kappa shape index (κ1) is 30.1. The van der Waals surface area contributed by atoms with Crippen LogP contribution in [0.2, 0.25) is 0 Å². The molecule has 38 heavy (non-hydrogen) atoms. The first-order valence-electron chi connectivity index (χ1n) is 13.4. The second-order valence-corrected chi connectivity index (χ2v) is 10.7. The number of carboxylic acids is 1.